The largest absolute Gasteiger partial charge is 0.361 e. The normalized spacial score (nSPS) is 12.6. The van der Waals surface area contributed by atoms with Crippen molar-refractivity contribution in [2.24, 2.45) is 10.9 Å². The number of aromatic nitrogens is 1. The Morgan fingerprint density at radius 1 is 1.16 bits per heavy atom. The third-order valence-electron chi connectivity index (χ3n) is 5.55. The Morgan fingerprint density at radius 3 is 2.77 bits per heavy atom. The van der Waals surface area contributed by atoms with Crippen molar-refractivity contribution in [1.82, 2.24) is 15.6 Å². The number of aliphatic imine (C=N–C) groups is 1. The molecule has 6 heteroatoms. The molecule has 1 heterocycles. The summed E-state index contributed by atoms with van der Waals surface area (Å²) in [5.74, 6) is 0.813. The summed E-state index contributed by atoms with van der Waals surface area (Å²) in [6.07, 6.45) is 3.81. The average Bonchev–Trinajstić information content (AvgIpc) is 3.17. The van der Waals surface area contributed by atoms with Crippen LogP contribution in [0, 0.1) is 12.8 Å². The maximum Gasteiger partial charge on any atom is 0.227 e. The Hall–Kier alpha value is -3.28. The molecule has 0 aliphatic carbocycles. The van der Waals surface area contributed by atoms with Crippen molar-refractivity contribution >= 4 is 28.5 Å². The molecule has 4 N–H and O–H groups in total. The van der Waals surface area contributed by atoms with Crippen LogP contribution in [0.1, 0.15) is 37.0 Å². The highest BCUT2D eigenvalue weighted by Crippen LogP contribution is 2.19. The number of rotatable bonds is 8. The predicted octanol–water partition coefficient (Wildman–Crippen LogP) is 4.37. The first-order valence-electron chi connectivity index (χ1n) is 10.9. The van der Waals surface area contributed by atoms with Gasteiger partial charge in [0.2, 0.25) is 5.91 Å². The van der Waals surface area contributed by atoms with Crippen LogP contribution in [0.15, 0.2) is 53.7 Å². The van der Waals surface area contributed by atoms with Crippen molar-refractivity contribution in [2.75, 3.05) is 18.9 Å². The number of carbonyl (C=O) groups excluding carboxylic acids is 1. The monoisotopic (exact) mass is 419 g/mol. The fourth-order valence-corrected chi connectivity index (χ4v) is 3.44. The van der Waals surface area contributed by atoms with Crippen LogP contribution < -0.4 is 16.0 Å². The van der Waals surface area contributed by atoms with Crippen molar-refractivity contribution < 1.29 is 4.79 Å². The molecule has 0 saturated heterocycles. The standard InChI is InChI=1S/C25H33N5O/c1-5-18(3)24(31)30-21-8-6-7-19(14-21)15-29-25(26-4)27-12-11-20-16-28-23-13-17(2)9-10-22(20)23/h6-10,13-14,16,18,28H,5,11-12,15H2,1-4H3,(H,30,31)(H2,26,27,29). The number of H-pyrrole nitrogens is 1. The molecule has 3 aromatic rings. The number of carbonyl (C=O) groups is 1. The molecule has 0 aliphatic heterocycles. The van der Waals surface area contributed by atoms with E-state index in [1.165, 1.54) is 22.0 Å². The van der Waals surface area contributed by atoms with Crippen LogP contribution in [0.3, 0.4) is 0 Å². The highest BCUT2D eigenvalue weighted by molar-refractivity contribution is 5.92. The Morgan fingerprint density at radius 2 is 2.00 bits per heavy atom. The van der Waals surface area contributed by atoms with Crippen LogP contribution in [-0.2, 0) is 17.8 Å². The van der Waals surface area contributed by atoms with E-state index in [1.54, 1.807) is 7.05 Å². The third kappa shape index (κ3) is 6.10. The van der Waals surface area contributed by atoms with E-state index in [0.29, 0.717) is 6.54 Å². The van der Waals surface area contributed by atoms with Crippen molar-refractivity contribution in [2.45, 2.75) is 40.2 Å². The smallest absolute Gasteiger partial charge is 0.227 e. The second kappa shape index (κ2) is 10.7. The molecular formula is C25H33N5O. The van der Waals surface area contributed by atoms with E-state index < -0.39 is 0 Å². The average molecular weight is 420 g/mol. The molecule has 0 aliphatic rings. The predicted molar refractivity (Wildman–Crippen MR) is 129 cm³/mol. The van der Waals surface area contributed by atoms with E-state index in [2.05, 4.69) is 57.2 Å². The topological polar surface area (TPSA) is 81.3 Å². The van der Waals surface area contributed by atoms with E-state index in [4.69, 9.17) is 0 Å². The summed E-state index contributed by atoms with van der Waals surface area (Å²) in [5.41, 5.74) is 5.63. The van der Waals surface area contributed by atoms with Gasteiger partial charge in [0.05, 0.1) is 0 Å². The van der Waals surface area contributed by atoms with E-state index in [9.17, 15) is 4.79 Å². The number of fused-ring (bicyclic) bond motifs is 1. The third-order valence-corrected chi connectivity index (χ3v) is 5.55. The van der Waals surface area contributed by atoms with Gasteiger partial charge in [0.1, 0.15) is 0 Å². The second-order valence-electron chi connectivity index (χ2n) is 7.96. The highest BCUT2D eigenvalue weighted by Gasteiger charge is 2.10. The first-order valence-corrected chi connectivity index (χ1v) is 10.9. The summed E-state index contributed by atoms with van der Waals surface area (Å²) >= 11 is 0. The molecular weight excluding hydrogens is 386 g/mol. The fraction of sp³-hybridized carbons (Fsp3) is 0.360. The van der Waals surface area contributed by atoms with Gasteiger partial charge in [0.15, 0.2) is 5.96 Å². The van der Waals surface area contributed by atoms with Crippen molar-refractivity contribution in [3.8, 4) is 0 Å². The molecule has 1 aromatic heterocycles. The summed E-state index contributed by atoms with van der Waals surface area (Å²) in [4.78, 5) is 19.8. The van der Waals surface area contributed by atoms with Crippen LogP contribution in [0.2, 0.25) is 0 Å². The summed E-state index contributed by atoms with van der Waals surface area (Å²) in [5, 5.41) is 11.0. The van der Waals surface area contributed by atoms with E-state index in [0.717, 1.165) is 36.6 Å². The maximum absolute atomic E-state index is 12.1. The Balaban J connectivity index is 1.50. The number of guanidine groups is 1. The second-order valence-corrected chi connectivity index (χ2v) is 7.96. The van der Waals surface area contributed by atoms with Gasteiger partial charge in [-0.2, -0.15) is 0 Å². The molecule has 164 valence electrons. The van der Waals surface area contributed by atoms with Crippen LogP contribution >= 0.6 is 0 Å². The van der Waals surface area contributed by atoms with Gasteiger partial charge in [-0.05, 0) is 54.7 Å². The number of hydrogen-bond donors (Lipinski definition) is 4. The van der Waals surface area contributed by atoms with Gasteiger partial charge in [0.25, 0.3) is 0 Å². The van der Waals surface area contributed by atoms with Gasteiger partial charge in [-0.1, -0.05) is 38.1 Å². The van der Waals surface area contributed by atoms with Crippen LogP contribution in [0.5, 0.6) is 0 Å². The molecule has 6 nitrogen and oxygen atoms in total. The van der Waals surface area contributed by atoms with E-state index in [1.807, 2.05) is 38.1 Å². The molecule has 0 bridgehead atoms. The lowest BCUT2D eigenvalue weighted by Gasteiger charge is -2.13. The van der Waals surface area contributed by atoms with Crippen LogP contribution in [0.4, 0.5) is 5.69 Å². The molecule has 31 heavy (non-hydrogen) atoms. The Kier molecular flexibility index (Phi) is 7.70. The quantitative estimate of drug-likeness (QED) is 0.323. The van der Waals surface area contributed by atoms with Gasteiger partial charge < -0.3 is 20.9 Å². The SMILES string of the molecule is CCC(C)C(=O)Nc1cccc(CNC(=NC)NCCc2c[nH]c3cc(C)ccc23)c1. The summed E-state index contributed by atoms with van der Waals surface area (Å²) < 4.78 is 0. The van der Waals surface area contributed by atoms with Crippen molar-refractivity contribution in [3.63, 3.8) is 0 Å². The van der Waals surface area contributed by atoms with Crippen LogP contribution in [0.25, 0.3) is 10.9 Å². The minimum atomic E-state index is 0.00554. The highest BCUT2D eigenvalue weighted by atomic mass is 16.1. The van der Waals surface area contributed by atoms with Gasteiger partial charge in [-0.15, -0.1) is 0 Å². The molecule has 0 spiro atoms. The van der Waals surface area contributed by atoms with Crippen LogP contribution in [-0.4, -0.2) is 30.4 Å². The molecule has 0 fully saturated rings. The number of aryl methyl sites for hydroxylation is 1. The first kappa shape index (κ1) is 22.4. The zero-order valence-corrected chi connectivity index (χ0v) is 18.9. The number of benzene rings is 2. The number of amides is 1. The van der Waals surface area contributed by atoms with Gasteiger partial charge in [-0.3, -0.25) is 9.79 Å². The summed E-state index contributed by atoms with van der Waals surface area (Å²) in [6, 6.07) is 14.4. The Labute approximate surface area is 184 Å². The zero-order chi connectivity index (χ0) is 22.2. The lowest BCUT2D eigenvalue weighted by Crippen LogP contribution is -2.37. The van der Waals surface area contributed by atoms with Gasteiger partial charge >= 0.3 is 0 Å². The molecule has 1 atom stereocenters. The number of aromatic amines is 1. The molecule has 3 rings (SSSR count). The Bertz CT molecular complexity index is 1050. The van der Waals surface area contributed by atoms with Crippen molar-refractivity contribution in [3.05, 3.63) is 65.4 Å². The first-order chi connectivity index (χ1) is 15.0. The number of nitrogens with zero attached hydrogens (tertiary/aromatic N) is 1. The number of anilines is 1. The number of hydrogen-bond acceptors (Lipinski definition) is 2. The summed E-state index contributed by atoms with van der Waals surface area (Å²) in [6.45, 7) is 7.47. The minimum Gasteiger partial charge on any atom is -0.361 e. The lowest BCUT2D eigenvalue weighted by atomic mass is 10.1. The van der Waals surface area contributed by atoms with E-state index >= 15 is 0 Å². The zero-order valence-electron chi connectivity index (χ0n) is 18.9. The van der Waals surface area contributed by atoms with Gasteiger partial charge in [-0.25, -0.2) is 0 Å². The lowest BCUT2D eigenvalue weighted by molar-refractivity contribution is -0.119. The summed E-state index contributed by atoms with van der Waals surface area (Å²) in [7, 11) is 1.77. The molecule has 2 aromatic carbocycles. The molecule has 0 radical (unpaired) electrons. The number of nitrogens with one attached hydrogen (secondary N) is 4. The minimum absolute atomic E-state index is 0.00554. The van der Waals surface area contributed by atoms with Crippen molar-refractivity contribution in [1.29, 1.82) is 0 Å². The fourth-order valence-electron chi connectivity index (χ4n) is 3.44. The maximum atomic E-state index is 12.1. The van der Waals surface area contributed by atoms with Gasteiger partial charge in [0, 0.05) is 48.8 Å². The molecule has 1 amide bonds. The molecule has 0 saturated carbocycles. The molecule has 1 unspecified atom stereocenters. The van der Waals surface area contributed by atoms with E-state index in [-0.39, 0.29) is 11.8 Å².